The van der Waals surface area contributed by atoms with Crippen molar-refractivity contribution in [1.82, 2.24) is 0 Å². The first-order valence-electron chi connectivity index (χ1n) is 11.2. The van der Waals surface area contributed by atoms with Gasteiger partial charge >= 0.3 is 0 Å². The highest BCUT2D eigenvalue weighted by molar-refractivity contribution is 5.95. The second-order valence-electron chi connectivity index (χ2n) is 8.14. The molecule has 34 heavy (non-hydrogen) atoms. The molecular weight excluding hydrogens is 424 g/mol. The van der Waals surface area contributed by atoms with Crippen molar-refractivity contribution in [2.45, 2.75) is 0 Å². The molecule has 1 nitrogen and oxygen atoms in total. The molecule has 0 aromatic heterocycles. The molecule has 0 saturated carbocycles. The van der Waals surface area contributed by atoms with Gasteiger partial charge in [-0.15, -0.1) is 0 Å². The molecule has 0 N–H and O–H groups in total. The van der Waals surface area contributed by atoms with Crippen LogP contribution in [0.2, 0.25) is 0 Å². The van der Waals surface area contributed by atoms with Gasteiger partial charge < -0.3 is 4.90 Å². The molecule has 166 valence electrons. The lowest BCUT2D eigenvalue weighted by atomic mass is 9.90. The molecule has 0 bridgehead atoms. The summed E-state index contributed by atoms with van der Waals surface area (Å²) in [6, 6.07) is 37.7. The van der Waals surface area contributed by atoms with E-state index in [-0.39, 0.29) is 0 Å². The minimum atomic E-state index is -0.412. The van der Waals surface area contributed by atoms with E-state index in [9.17, 15) is 4.39 Å². The van der Waals surface area contributed by atoms with Crippen molar-refractivity contribution in [3.8, 4) is 33.4 Å². The molecule has 0 aliphatic heterocycles. The fraction of sp³-hybridized carbons (Fsp3) is 0.0323. The van der Waals surface area contributed by atoms with Gasteiger partial charge in [0.05, 0.1) is 11.4 Å². The van der Waals surface area contributed by atoms with Crippen molar-refractivity contribution in [1.29, 1.82) is 0 Å². The molecule has 0 unspecified atom stereocenters. The van der Waals surface area contributed by atoms with E-state index in [1.807, 2.05) is 66.7 Å². The topological polar surface area (TPSA) is 3.24 Å². The molecule has 0 amide bonds. The van der Waals surface area contributed by atoms with Crippen molar-refractivity contribution in [2.75, 3.05) is 11.9 Å². The monoisotopic (exact) mass is 447 g/mol. The summed E-state index contributed by atoms with van der Waals surface area (Å²) in [7, 11) is 1.70. The van der Waals surface area contributed by atoms with Crippen molar-refractivity contribution in [3.05, 3.63) is 133 Å². The van der Waals surface area contributed by atoms with E-state index in [1.54, 1.807) is 36.2 Å². The third kappa shape index (κ3) is 4.08. The summed E-state index contributed by atoms with van der Waals surface area (Å²) < 4.78 is 30.3. The summed E-state index contributed by atoms with van der Waals surface area (Å²) in [5, 5.41) is 0. The smallest absolute Gasteiger partial charge is 0.147 e. The first-order valence-corrected chi connectivity index (χ1v) is 11.2. The van der Waals surface area contributed by atoms with Gasteiger partial charge in [0, 0.05) is 12.6 Å². The second kappa shape index (κ2) is 9.32. The SMILES string of the molecule is CN(c1ccccc1F)c1c(F)ccc(-c2ccccc2)c1-c1cccc(-c2ccccc2)c1. The zero-order valence-electron chi connectivity index (χ0n) is 18.8. The zero-order valence-corrected chi connectivity index (χ0v) is 18.8. The fourth-order valence-electron chi connectivity index (χ4n) is 4.37. The maximum Gasteiger partial charge on any atom is 0.147 e. The molecular formula is C31H23F2N. The van der Waals surface area contributed by atoms with Crippen LogP contribution in [-0.4, -0.2) is 7.05 Å². The first-order chi connectivity index (χ1) is 16.6. The van der Waals surface area contributed by atoms with Crippen LogP contribution in [0.5, 0.6) is 0 Å². The Hall–Kier alpha value is -4.24. The highest BCUT2D eigenvalue weighted by Gasteiger charge is 2.22. The highest BCUT2D eigenvalue weighted by atomic mass is 19.1. The van der Waals surface area contributed by atoms with Crippen LogP contribution in [0.4, 0.5) is 20.2 Å². The molecule has 0 radical (unpaired) electrons. The predicted octanol–water partition coefficient (Wildman–Crippen LogP) is 8.73. The Morgan fingerprint density at radius 1 is 0.500 bits per heavy atom. The fourth-order valence-corrected chi connectivity index (χ4v) is 4.37. The van der Waals surface area contributed by atoms with Crippen LogP contribution in [0.1, 0.15) is 0 Å². The van der Waals surface area contributed by atoms with Crippen LogP contribution in [0.15, 0.2) is 121 Å². The largest absolute Gasteiger partial charge is 0.339 e. The Kier molecular flexibility index (Phi) is 5.92. The molecule has 3 heteroatoms. The van der Waals surface area contributed by atoms with Crippen LogP contribution in [0.25, 0.3) is 33.4 Å². The van der Waals surface area contributed by atoms with Gasteiger partial charge in [0.15, 0.2) is 0 Å². The molecule has 5 aromatic carbocycles. The van der Waals surface area contributed by atoms with E-state index in [0.29, 0.717) is 11.4 Å². The maximum atomic E-state index is 15.6. The molecule has 0 heterocycles. The van der Waals surface area contributed by atoms with Gasteiger partial charge in [0.1, 0.15) is 11.6 Å². The van der Waals surface area contributed by atoms with Gasteiger partial charge in [-0.2, -0.15) is 0 Å². The van der Waals surface area contributed by atoms with Crippen molar-refractivity contribution in [2.24, 2.45) is 0 Å². The number of anilines is 2. The number of hydrogen-bond acceptors (Lipinski definition) is 1. The minimum absolute atomic E-state index is 0.312. The van der Waals surface area contributed by atoms with E-state index in [2.05, 4.69) is 18.2 Å². The van der Waals surface area contributed by atoms with Crippen molar-refractivity contribution < 1.29 is 8.78 Å². The van der Waals surface area contributed by atoms with Gasteiger partial charge in [0.25, 0.3) is 0 Å². The normalized spacial score (nSPS) is 10.8. The average Bonchev–Trinajstić information content (AvgIpc) is 2.89. The van der Waals surface area contributed by atoms with Gasteiger partial charge in [-0.3, -0.25) is 0 Å². The zero-order chi connectivity index (χ0) is 23.5. The third-order valence-electron chi connectivity index (χ3n) is 6.02. The summed E-state index contributed by atoms with van der Waals surface area (Å²) in [4.78, 5) is 1.60. The molecule has 5 aromatic rings. The Morgan fingerprint density at radius 3 is 1.79 bits per heavy atom. The van der Waals surface area contributed by atoms with Crippen molar-refractivity contribution in [3.63, 3.8) is 0 Å². The van der Waals surface area contributed by atoms with E-state index in [0.717, 1.165) is 33.4 Å². The summed E-state index contributed by atoms with van der Waals surface area (Å²) in [5.41, 5.74) is 6.17. The van der Waals surface area contributed by atoms with Crippen LogP contribution in [0, 0.1) is 11.6 Å². The van der Waals surface area contributed by atoms with Crippen LogP contribution in [0.3, 0.4) is 0 Å². The lowest BCUT2D eigenvalue weighted by Gasteiger charge is -2.26. The minimum Gasteiger partial charge on any atom is -0.339 e. The van der Waals surface area contributed by atoms with Crippen molar-refractivity contribution >= 4 is 11.4 Å². The Bertz CT molecular complexity index is 1430. The van der Waals surface area contributed by atoms with Crippen LogP contribution < -0.4 is 4.90 Å². The summed E-state index contributed by atoms with van der Waals surface area (Å²) in [6.07, 6.45) is 0. The standard InChI is InChI=1S/C31H23F2N/c1-34(29-18-9-8-17-27(29)32)31-28(33)20-19-26(23-13-6-3-7-14-23)30(31)25-16-10-15-24(21-25)22-11-4-2-5-12-22/h2-21H,1H3. The quantitative estimate of drug-likeness (QED) is 0.260. The van der Waals surface area contributed by atoms with E-state index in [4.69, 9.17) is 0 Å². The van der Waals surface area contributed by atoms with Crippen LogP contribution in [-0.2, 0) is 0 Å². The summed E-state index contributed by atoms with van der Waals surface area (Å²) in [6.45, 7) is 0. The van der Waals surface area contributed by atoms with Crippen LogP contribution >= 0.6 is 0 Å². The number of para-hydroxylation sites is 1. The number of nitrogens with zero attached hydrogens (tertiary/aromatic N) is 1. The molecule has 0 atom stereocenters. The predicted molar refractivity (Wildman–Crippen MR) is 137 cm³/mol. The molecule has 0 aliphatic carbocycles. The maximum absolute atomic E-state index is 15.6. The molecule has 0 fully saturated rings. The van der Waals surface area contributed by atoms with Gasteiger partial charge in [-0.25, -0.2) is 8.78 Å². The highest BCUT2D eigenvalue weighted by Crippen LogP contribution is 2.44. The lowest BCUT2D eigenvalue weighted by Crippen LogP contribution is -2.14. The summed E-state index contributed by atoms with van der Waals surface area (Å²) >= 11 is 0. The number of benzene rings is 5. The number of rotatable bonds is 5. The average molecular weight is 448 g/mol. The van der Waals surface area contributed by atoms with Gasteiger partial charge in [-0.05, 0) is 52.1 Å². The van der Waals surface area contributed by atoms with Gasteiger partial charge in [0.2, 0.25) is 0 Å². The number of hydrogen-bond donors (Lipinski definition) is 0. The number of halogens is 2. The Labute approximate surface area is 198 Å². The molecule has 5 rings (SSSR count). The molecule has 0 spiro atoms. The molecule has 0 aliphatic rings. The molecule has 0 saturated heterocycles. The van der Waals surface area contributed by atoms with E-state index in [1.165, 1.54) is 12.1 Å². The van der Waals surface area contributed by atoms with E-state index >= 15 is 4.39 Å². The Balaban J connectivity index is 1.78. The summed E-state index contributed by atoms with van der Waals surface area (Å²) in [5.74, 6) is -0.816. The Morgan fingerprint density at radius 2 is 1.09 bits per heavy atom. The second-order valence-corrected chi connectivity index (χ2v) is 8.14. The van der Waals surface area contributed by atoms with Gasteiger partial charge in [-0.1, -0.05) is 97.1 Å². The van der Waals surface area contributed by atoms with E-state index < -0.39 is 11.6 Å². The first kappa shape index (κ1) is 21.6. The third-order valence-corrected chi connectivity index (χ3v) is 6.02. The lowest BCUT2D eigenvalue weighted by molar-refractivity contribution is 0.618.